The highest BCUT2D eigenvalue weighted by Crippen LogP contribution is 2.22. The summed E-state index contributed by atoms with van der Waals surface area (Å²) in [6, 6.07) is 2.84. The quantitative estimate of drug-likeness (QED) is 0.715. The summed E-state index contributed by atoms with van der Waals surface area (Å²) in [6.45, 7) is -0.351. The number of likely N-dealkylation sites (tertiary alicyclic amines) is 1. The summed E-state index contributed by atoms with van der Waals surface area (Å²) >= 11 is 0. The van der Waals surface area contributed by atoms with E-state index in [1.807, 2.05) is 0 Å². The predicted molar refractivity (Wildman–Crippen MR) is 57.8 cm³/mol. The maximum absolute atomic E-state index is 11.3. The van der Waals surface area contributed by atoms with Crippen LogP contribution in [0.25, 0.3) is 0 Å². The van der Waals surface area contributed by atoms with Crippen LogP contribution in [0.1, 0.15) is 5.76 Å². The van der Waals surface area contributed by atoms with E-state index >= 15 is 0 Å². The number of rotatable bonds is 4. The van der Waals surface area contributed by atoms with Crippen molar-refractivity contribution in [2.24, 2.45) is 5.73 Å². The first-order valence-corrected chi connectivity index (χ1v) is 5.11. The molecule has 2 heterocycles. The van der Waals surface area contributed by atoms with Crippen molar-refractivity contribution in [3.05, 3.63) is 35.9 Å². The summed E-state index contributed by atoms with van der Waals surface area (Å²) in [6.07, 6.45) is 3.75. The number of carbonyl (C=O) groups is 2. The Hall–Kier alpha value is -2.08. The van der Waals surface area contributed by atoms with Crippen LogP contribution in [0.15, 0.2) is 34.6 Å². The van der Waals surface area contributed by atoms with Gasteiger partial charge in [-0.1, -0.05) is 6.08 Å². The molecule has 0 radical (unpaired) electrons. The van der Waals surface area contributed by atoms with E-state index in [4.69, 9.17) is 15.3 Å². The van der Waals surface area contributed by atoms with Crippen LogP contribution < -0.4 is 5.73 Å². The second kappa shape index (κ2) is 4.42. The molecule has 0 aromatic carbocycles. The number of carbonyl (C=O) groups excluding carboxylic acids is 1. The smallest absolute Gasteiger partial charge is 0.323 e. The van der Waals surface area contributed by atoms with E-state index in [1.165, 1.54) is 0 Å². The number of carboxylic acid groups (broad SMARTS) is 1. The molecule has 0 spiro atoms. The van der Waals surface area contributed by atoms with Gasteiger partial charge in [0.1, 0.15) is 18.3 Å². The highest BCUT2D eigenvalue weighted by atomic mass is 16.4. The number of allylic oxidation sites excluding steroid dienone is 1. The number of carboxylic acids is 1. The largest absolute Gasteiger partial charge is 0.480 e. The molecule has 1 aromatic heterocycles. The van der Waals surface area contributed by atoms with Gasteiger partial charge in [-0.2, -0.15) is 0 Å². The second-order valence-electron chi connectivity index (χ2n) is 3.71. The lowest BCUT2D eigenvalue weighted by atomic mass is 10.0. The highest BCUT2D eigenvalue weighted by Gasteiger charge is 2.40. The Morgan fingerprint density at radius 3 is 3.00 bits per heavy atom. The van der Waals surface area contributed by atoms with Crippen molar-refractivity contribution in [3.8, 4) is 0 Å². The minimum Gasteiger partial charge on any atom is -0.480 e. The Labute approximate surface area is 97.3 Å². The fourth-order valence-corrected chi connectivity index (χ4v) is 1.70. The number of aliphatic carboxylic acids is 1. The molecule has 1 aliphatic rings. The third-order valence-electron chi connectivity index (χ3n) is 2.55. The van der Waals surface area contributed by atoms with Crippen LogP contribution in [0.2, 0.25) is 0 Å². The molecular formula is C11H12N2O4. The topological polar surface area (TPSA) is 96.8 Å². The third-order valence-corrected chi connectivity index (χ3v) is 2.55. The summed E-state index contributed by atoms with van der Waals surface area (Å²) in [7, 11) is 0. The summed E-state index contributed by atoms with van der Waals surface area (Å²) in [5.74, 6) is -0.688. The van der Waals surface area contributed by atoms with Crippen molar-refractivity contribution in [1.82, 2.24) is 4.90 Å². The van der Waals surface area contributed by atoms with Gasteiger partial charge < -0.3 is 20.2 Å². The van der Waals surface area contributed by atoms with Gasteiger partial charge in [0.15, 0.2) is 0 Å². The Morgan fingerprint density at radius 1 is 1.65 bits per heavy atom. The summed E-state index contributed by atoms with van der Waals surface area (Å²) in [5, 5.41) is 8.64. The Balaban J connectivity index is 2.05. The minimum absolute atomic E-state index is 0.351. The zero-order valence-electron chi connectivity index (χ0n) is 9.00. The number of hydrogen-bond donors (Lipinski definition) is 2. The van der Waals surface area contributed by atoms with Crippen molar-refractivity contribution in [3.63, 3.8) is 0 Å². The van der Waals surface area contributed by atoms with E-state index in [2.05, 4.69) is 0 Å². The minimum atomic E-state index is -1.06. The molecule has 1 saturated heterocycles. The standard InChI is InChI=1S/C11H12N2O4/c12-10-8(4-3-7-2-1-5-17-7)13(11(10)16)6-9(14)15/h1-2,4-5,10H,3,6,12H2,(H,14,15). The lowest BCUT2D eigenvalue weighted by Gasteiger charge is -2.38. The van der Waals surface area contributed by atoms with Gasteiger partial charge in [-0.3, -0.25) is 9.59 Å². The molecule has 17 heavy (non-hydrogen) atoms. The zero-order chi connectivity index (χ0) is 12.4. The van der Waals surface area contributed by atoms with Gasteiger partial charge in [-0.05, 0) is 12.1 Å². The number of β-lactam (4-membered cyclic amide) rings is 1. The molecule has 0 bridgehead atoms. The van der Waals surface area contributed by atoms with E-state index in [-0.39, 0.29) is 12.5 Å². The summed E-state index contributed by atoms with van der Waals surface area (Å²) in [4.78, 5) is 23.1. The lowest BCUT2D eigenvalue weighted by molar-refractivity contribution is -0.147. The number of furan rings is 1. The lowest BCUT2D eigenvalue weighted by Crippen LogP contribution is -2.59. The molecule has 1 atom stereocenters. The average Bonchev–Trinajstić information content (AvgIpc) is 2.80. The van der Waals surface area contributed by atoms with E-state index < -0.39 is 12.0 Å². The summed E-state index contributed by atoms with van der Waals surface area (Å²) in [5.41, 5.74) is 6.12. The van der Waals surface area contributed by atoms with Gasteiger partial charge in [-0.25, -0.2) is 0 Å². The van der Waals surface area contributed by atoms with Crippen LogP contribution >= 0.6 is 0 Å². The Morgan fingerprint density at radius 2 is 2.41 bits per heavy atom. The molecule has 1 fully saturated rings. The fourth-order valence-electron chi connectivity index (χ4n) is 1.70. The van der Waals surface area contributed by atoms with Crippen molar-refractivity contribution < 1.29 is 19.1 Å². The van der Waals surface area contributed by atoms with Gasteiger partial charge in [-0.15, -0.1) is 0 Å². The van der Waals surface area contributed by atoms with E-state index in [0.29, 0.717) is 12.1 Å². The molecule has 6 nitrogen and oxygen atoms in total. The van der Waals surface area contributed by atoms with Crippen LogP contribution in [0.5, 0.6) is 0 Å². The first-order valence-electron chi connectivity index (χ1n) is 5.11. The van der Waals surface area contributed by atoms with Crippen LogP contribution in [-0.4, -0.2) is 34.5 Å². The van der Waals surface area contributed by atoms with Gasteiger partial charge >= 0.3 is 5.97 Å². The molecular weight excluding hydrogens is 224 g/mol. The van der Waals surface area contributed by atoms with Gasteiger partial charge in [0.25, 0.3) is 0 Å². The van der Waals surface area contributed by atoms with E-state index in [0.717, 1.165) is 10.7 Å². The first-order chi connectivity index (χ1) is 8.09. The zero-order valence-corrected chi connectivity index (χ0v) is 9.00. The van der Waals surface area contributed by atoms with Gasteiger partial charge in [0, 0.05) is 12.1 Å². The molecule has 6 heteroatoms. The normalized spacial score (nSPS) is 21.7. The van der Waals surface area contributed by atoms with Crippen LogP contribution in [0.3, 0.4) is 0 Å². The first kappa shape index (κ1) is 11.4. The second-order valence-corrected chi connectivity index (χ2v) is 3.71. The SMILES string of the molecule is NC1C(=O)N(CC(=O)O)C1=CCc1ccco1. The number of nitrogens with zero attached hydrogens (tertiary/aromatic N) is 1. The van der Waals surface area contributed by atoms with E-state index in [9.17, 15) is 9.59 Å². The third kappa shape index (κ3) is 2.21. The van der Waals surface area contributed by atoms with Crippen molar-refractivity contribution >= 4 is 11.9 Å². The molecule has 0 saturated carbocycles. The molecule has 3 N–H and O–H groups in total. The maximum atomic E-state index is 11.3. The molecule has 1 amide bonds. The number of nitrogens with two attached hydrogens (primary N) is 1. The maximum Gasteiger partial charge on any atom is 0.323 e. The van der Waals surface area contributed by atoms with Crippen molar-refractivity contribution in [2.75, 3.05) is 6.54 Å². The summed E-state index contributed by atoms with van der Waals surface area (Å²) < 4.78 is 5.13. The monoisotopic (exact) mass is 236 g/mol. The van der Waals surface area contributed by atoms with Crippen LogP contribution in [-0.2, 0) is 16.0 Å². The molecule has 1 unspecified atom stereocenters. The molecule has 90 valence electrons. The number of amides is 1. The Bertz CT molecular complexity index is 464. The molecule has 2 rings (SSSR count). The molecule has 1 aromatic rings. The molecule has 1 aliphatic heterocycles. The average molecular weight is 236 g/mol. The predicted octanol–water partition coefficient (Wildman–Crippen LogP) is -0.0399. The Kier molecular flexibility index (Phi) is 2.97. The van der Waals surface area contributed by atoms with Gasteiger partial charge in [0.05, 0.1) is 6.26 Å². The van der Waals surface area contributed by atoms with Crippen LogP contribution in [0.4, 0.5) is 0 Å². The number of hydrogen-bond acceptors (Lipinski definition) is 4. The highest BCUT2D eigenvalue weighted by molar-refractivity contribution is 5.96. The van der Waals surface area contributed by atoms with Crippen molar-refractivity contribution in [2.45, 2.75) is 12.5 Å². The van der Waals surface area contributed by atoms with Crippen molar-refractivity contribution in [1.29, 1.82) is 0 Å². The van der Waals surface area contributed by atoms with Gasteiger partial charge in [0.2, 0.25) is 5.91 Å². The molecule has 0 aliphatic carbocycles. The van der Waals surface area contributed by atoms with Crippen LogP contribution in [0, 0.1) is 0 Å². The fraction of sp³-hybridized carbons (Fsp3) is 0.273. The van der Waals surface area contributed by atoms with E-state index in [1.54, 1.807) is 24.5 Å².